The molecule has 0 radical (unpaired) electrons. The Morgan fingerprint density at radius 3 is 2.29 bits per heavy atom. The van der Waals surface area contributed by atoms with Gasteiger partial charge in [0.2, 0.25) is 5.91 Å². The smallest absolute Gasteiger partial charge is 0.393 e. The van der Waals surface area contributed by atoms with Crippen LogP contribution in [0.1, 0.15) is 49.3 Å². The Bertz CT molecular complexity index is 891. The van der Waals surface area contributed by atoms with Gasteiger partial charge in [0, 0.05) is 12.2 Å². The molecule has 2 aliphatic rings. The third kappa shape index (κ3) is 4.62. The first kappa shape index (κ1) is 21.8. The molecule has 166 valence electrons. The minimum Gasteiger partial charge on any atom is -0.393 e. The number of alkyl halides is 3. The van der Waals surface area contributed by atoms with Gasteiger partial charge in [0.15, 0.2) is 6.10 Å². The number of aliphatic hydroxyl groups excluding tert-OH is 1. The molecule has 4 nitrogen and oxygen atoms in total. The molecule has 1 spiro atoms. The van der Waals surface area contributed by atoms with E-state index in [4.69, 9.17) is 4.74 Å². The van der Waals surface area contributed by atoms with E-state index in [-0.39, 0.29) is 24.2 Å². The normalized spacial score (nSPS) is 25.2. The summed E-state index contributed by atoms with van der Waals surface area (Å²) in [5, 5.41) is 9.76. The molecule has 1 aliphatic carbocycles. The standard InChI is InChI=1S/C24H26F3NO3/c25-24(26,27)21(31-16-17-4-2-1-3-5-17)18-6-8-19(9-7-18)28-15-14-23(22(28)30)12-10-20(29)11-13-23/h1-9,20-21,29H,10-16H2. The number of ether oxygens (including phenoxy) is 1. The lowest BCUT2D eigenvalue weighted by Crippen LogP contribution is -2.38. The second-order valence-electron chi connectivity index (χ2n) is 8.53. The average Bonchev–Trinajstić information content (AvgIpc) is 3.07. The predicted octanol–water partition coefficient (Wildman–Crippen LogP) is 5.16. The molecular weight excluding hydrogens is 407 g/mol. The summed E-state index contributed by atoms with van der Waals surface area (Å²) in [5.74, 6) is 0.0137. The number of halogens is 3. The zero-order chi connectivity index (χ0) is 22.1. The van der Waals surface area contributed by atoms with Gasteiger partial charge in [-0.15, -0.1) is 0 Å². The lowest BCUT2D eigenvalue weighted by atomic mass is 9.72. The highest BCUT2D eigenvalue weighted by Crippen LogP contribution is 2.46. The number of carbonyl (C=O) groups is 1. The van der Waals surface area contributed by atoms with E-state index in [0.29, 0.717) is 49.9 Å². The Morgan fingerprint density at radius 2 is 1.68 bits per heavy atom. The Morgan fingerprint density at radius 1 is 1.03 bits per heavy atom. The van der Waals surface area contributed by atoms with Gasteiger partial charge in [-0.1, -0.05) is 42.5 Å². The van der Waals surface area contributed by atoms with Crippen molar-refractivity contribution in [1.29, 1.82) is 0 Å². The number of anilines is 1. The Kier molecular flexibility index (Phi) is 6.08. The first-order valence-electron chi connectivity index (χ1n) is 10.6. The van der Waals surface area contributed by atoms with Gasteiger partial charge in [-0.3, -0.25) is 4.79 Å². The van der Waals surface area contributed by atoms with Crippen molar-refractivity contribution in [3.63, 3.8) is 0 Å². The highest BCUT2D eigenvalue weighted by molar-refractivity contribution is 6.00. The number of hydrogen-bond acceptors (Lipinski definition) is 3. The molecule has 4 rings (SSSR count). The number of aliphatic hydroxyl groups is 1. The Hall–Kier alpha value is -2.38. The van der Waals surface area contributed by atoms with Crippen molar-refractivity contribution in [3.05, 3.63) is 65.7 Å². The zero-order valence-corrected chi connectivity index (χ0v) is 17.1. The fourth-order valence-electron chi connectivity index (χ4n) is 4.65. The van der Waals surface area contributed by atoms with Gasteiger partial charge >= 0.3 is 6.18 Å². The van der Waals surface area contributed by atoms with Gasteiger partial charge in [0.05, 0.1) is 18.1 Å². The van der Waals surface area contributed by atoms with Crippen LogP contribution in [0.25, 0.3) is 0 Å². The van der Waals surface area contributed by atoms with Crippen molar-refractivity contribution in [2.24, 2.45) is 5.41 Å². The van der Waals surface area contributed by atoms with Crippen LogP contribution < -0.4 is 4.90 Å². The quantitative estimate of drug-likeness (QED) is 0.708. The number of nitrogens with zero attached hydrogens (tertiary/aromatic N) is 1. The van der Waals surface area contributed by atoms with E-state index in [1.165, 1.54) is 12.1 Å². The van der Waals surface area contributed by atoms with Crippen LogP contribution in [0, 0.1) is 5.41 Å². The van der Waals surface area contributed by atoms with Crippen LogP contribution in [0.4, 0.5) is 18.9 Å². The van der Waals surface area contributed by atoms with Crippen LogP contribution >= 0.6 is 0 Å². The molecule has 1 heterocycles. The average molecular weight is 433 g/mol. The van der Waals surface area contributed by atoms with Crippen LogP contribution in [0.3, 0.4) is 0 Å². The van der Waals surface area contributed by atoms with Gasteiger partial charge in [0.25, 0.3) is 0 Å². The molecule has 1 amide bonds. The van der Waals surface area contributed by atoms with Crippen molar-refractivity contribution in [3.8, 4) is 0 Å². The number of rotatable bonds is 5. The fourth-order valence-corrected chi connectivity index (χ4v) is 4.65. The third-order valence-electron chi connectivity index (χ3n) is 6.49. The highest BCUT2D eigenvalue weighted by Gasteiger charge is 2.48. The molecule has 1 unspecified atom stereocenters. The molecule has 1 saturated heterocycles. The molecule has 2 aromatic rings. The van der Waals surface area contributed by atoms with E-state index < -0.39 is 17.7 Å². The maximum Gasteiger partial charge on any atom is 0.418 e. The summed E-state index contributed by atoms with van der Waals surface area (Å²) in [4.78, 5) is 14.7. The minimum atomic E-state index is -4.55. The molecule has 1 atom stereocenters. The van der Waals surface area contributed by atoms with Crippen molar-refractivity contribution in [2.45, 2.75) is 57.1 Å². The molecule has 0 bridgehead atoms. The van der Waals surface area contributed by atoms with E-state index in [0.717, 1.165) is 0 Å². The summed E-state index contributed by atoms with van der Waals surface area (Å²) in [6.45, 7) is 0.396. The maximum absolute atomic E-state index is 13.6. The number of benzene rings is 2. The molecule has 0 aromatic heterocycles. The van der Waals surface area contributed by atoms with Crippen molar-refractivity contribution in [1.82, 2.24) is 0 Å². The Balaban J connectivity index is 1.47. The molecule has 31 heavy (non-hydrogen) atoms. The van der Waals surface area contributed by atoms with Crippen LogP contribution in [-0.2, 0) is 16.1 Å². The van der Waals surface area contributed by atoms with Gasteiger partial charge in [0.1, 0.15) is 0 Å². The zero-order valence-electron chi connectivity index (χ0n) is 17.1. The first-order valence-corrected chi connectivity index (χ1v) is 10.6. The highest BCUT2D eigenvalue weighted by atomic mass is 19.4. The van der Waals surface area contributed by atoms with E-state index in [1.807, 2.05) is 0 Å². The second kappa shape index (κ2) is 8.63. The van der Waals surface area contributed by atoms with Crippen LogP contribution in [0.5, 0.6) is 0 Å². The van der Waals surface area contributed by atoms with Gasteiger partial charge in [-0.2, -0.15) is 13.2 Å². The molecule has 1 saturated carbocycles. The van der Waals surface area contributed by atoms with Gasteiger partial charge < -0.3 is 14.7 Å². The molecule has 2 fully saturated rings. The fraction of sp³-hybridized carbons (Fsp3) is 0.458. The molecule has 2 aromatic carbocycles. The van der Waals surface area contributed by atoms with E-state index in [1.54, 1.807) is 47.4 Å². The van der Waals surface area contributed by atoms with Crippen molar-refractivity contribution in [2.75, 3.05) is 11.4 Å². The molecule has 1 N–H and O–H groups in total. The summed E-state index contributed by atoms with van der Waals surface area (Å²) in [5.41, 5.74) is 0.833. The topological polar surface area (TPSA) is 49.8 Å². The molecule has 7 heteroatoms. The third-order valence-corrected chi connectivity index (χ3v) is 6.49. The SMILES string of the molecule is O=C1N(c2ccc(C(OCc3ccccc3)C(F)(F)F)cc2)CCC12CCC(O)CC2. The summed E-state index contributed by atoms with van der Waals surface area (Å²) >= 11 is 0. The second-order valence-corrected chi connectivity index (χ2v) is 8.53. The lowest BCUT2D eigenvalue weighted by Gasteiger charge is -2.33. The van der Waals surface area contributed by atoms with Crippen LogP contribution in [0.2, 0.25) is 0 Å². The summed E-state index contributed by atoms with van der Waals surface area (Å²) < 4.78 is 46.1. The number of hydrogen-bond donors (Lipinski definition) is 1. The van der Waals surface area contributed by atoms with Crippen molar-refractivity contribution < 1.29 is 27.8 Å². The molecule has 1 aliphatic heterocycles. The van der Waals surface area contributed by atoms with Crippen LogP contribution in [0.15, 0.2) is 54.6 Å². The Labute approximate surface area is 179 Å². The predicted molar refractivity (Wildman–Crippen MR) is 110 cm³/mol. The number of carbonyl (C=O) groups excluding carboxylic acids is 1. The van der Waals surface area contributed by atoms with Gasteiger partial charge in [-0.25, -0.2) is 0 Å². The van der Waals surface area contributed by atoms with E-state index in [2.05, 4.69) is 0 Å². The van der Waals surface area contributed by atoms with Crippen molar-refractivity contribution >= 4 is 11.6 Å². The minimum absolute atomic E-state index is 0.00864. The van der Waals surface area contributed by atoms with E-state index >= 15 is 0 Å². The van der Waals surface area contributed by atoms with Gasteiger partial charge in [-0.05, 0) is 55.4 Å². The summed E-state index contributed by atoms with van der Waals surface area (Å²) in [6, 6.07) is 14.6. The summed E-state index contributed by atoms with van der Waals surface area (Å²) in [6.07, 6.45) is -3.67. The maximum atomic E-state index is 13.6. The monoisotopic (exact) mass is 433 g/mol. The summed E-state index contributed by atoms with van der Waals surface area (Å²) in [7, 11) is 0. The largest absolute Gasteiger partial charge is 0.418 e. The first-order chi connectivity index (χ1) is 14.8. The van der Waals surface area contributed by atoms with Crippen LogP contribution in [-0.4, -0.2) is 29.8 Å². The lowest BCUT2D eigenvalue weighted by molar-refractivity contribution is -0.227. The van der Waals surface area contributed by atoms with E-state index in [9.17, 15) is 23.1 Å². The number of amides is 1. The molecular formula is C24H26F3NO3.